The Morgan fingerprint density at radius 1 is 1.25 bits per heavy atom. The van der Waals surface area contributed by atoms with Gasteiger partial charge in [-0.25, -0.2) is 4.79 Å². The molecule has 3 amide bonds. The van der Waals surface area contributed by atoms with Crippen molar-refractivity contribution in [2.24, 2.45) is 5.92 Å². The van der Waals surface area contributed by atoms with Crippen LogP contribution in [0.3, 0.4) is 0 Å². The summed E-state index contributed by atoms with van der Waals surface area (Å²) in [6.45, 7) is 5.86. The van der Waals surface area contributed by atoms with Crippen LogP contribution in [0, 0.1) is 16.0 Å². The Balaban J connectivity index is 1.87. The number of urea groups is 1. The average Bonchev–Trinajstić information content (AvgIpc) is 2.67. The lowest BCUT2D eigenvalue weighted by molar-refractivity contribution is -0.384. The van der Waals surface area contributed by atoms with E-state index in [-0.39, 0.29) is 11.4 Å². The third-order valence-electron chi connectivity index (χ3n) is 4.62. The Morgan fingerprint density at radius 2 is 1.96 bits per heavy atom. The lowest BCUT2D eigenvalue weighted by atomic mass is 9.87. The molecule has 2 aromatic carbocycles. The standard InChI is InChI=1S/C20H20N4O4/c1-3-13-7-9-14(10-8-13)18-17(12(2)21-20(26)23-18)19(25)22-15-5-4-6-16(11-15)24(27)28/h4-11,17-18H,2-3H2,1H3,(H,22,25)(H2,21,23,26)/t17-,18-/m1/s1. The number of benzene rings is 2. The fraction of sp³-hybridized carbons (Fsp3) is 0.200. The van der Waals surface area contributed by atoms with Crippen molar-refractivity contribution in [1.82, 2.24) is 10.6 Å². The minimum atomic E-state index is -0.788. The highest BCUT2D eigenvalue weighted by molar-refractivity contribution is 5.97. The molecule has 144 valence electrons. The molecule has 0 aliphatic carbocycles. The maximum atomic E-state index is 12.9. The number of nitro benzene ring substituents is 1. The van der Waals surface area contributed by atoms with Gasteiger partial charge < -0.3 is 16.0 Å². The van der Waals surface area contributed by atoms with Crippen LogP contribution in [0.25, 0.3) is 0 Å². The van der Waals surface area contributed by atoms with E-state index in [1.165, 1.54) is 18.2 Å². The summed E-state index contributed by atoms with van der Waals surface area (Å²) in [6, 6.07) is 12.3. The molecule has 2 atom stereocenters. The first kappa shape index (κ1) is 19.1. The Hall–Kier alpha value is -3.68. The molecule has 1 fully saturated rings. The van der Waals surface area contributed by atoms with Crippen molar-refractivity contribution in [3.05, 3.63) is 82.0 Å². The number of nitro groups is 1. The van der Waals surface area contributed by atoms with E-state index in [1.54, 1.807) is 6.07 Å². The summed E-state index contributed by atoms with van der Waals surface area (Å²) < 4.78 is 0. The van der Waals surface area contributed by atoms with Crippen molar-refractivity contribution < 1.29 is 14.5 Å². The lowest BCUT2D eigenvalue weighted by Gasteiger charge is -2.34. The van der Waals surface area contributed by atoms with Crippen molar-refractivity contribution in [3.63, 3.8) is 0 Å². The van der Waals surface area contributed by atoms with Crippen LogP contribution >= 0.6 is 0 Å². The molecule has 0 bridgehead atoms. The number of carbonyl (C=O) groups is 2. The number of aryl methyl sites for hydroxylation is 1. The Labute approximate surface area is 161 Å². The Morgan fingerprint density at radius 3 is 2.61 bits per heavy atom. The second-order valence-corrected chi connectivity index (χ2v) is 6.47. The van der Waals surface area contributed by atoms with Crippen molar-refractivity contribution in [1.29, 1.82) is 0 Å². The normalized spacial score (nSPS) is 18.8. The molecule has 1 aliphatic rings. The predicted molar refractivity (Wildman–Crippen MR) is 105 cm³/mol. The maximum Gasteiger partial charge on any atom is 0.319 e. The number of carbonyl (C=O) groups excluding carboxylic acids is 2. The molecule has 28 heavy (non-hydrogen) atoms. The van der Waals surface area contributed by atoms with Crippen LogP contribution in [0.4, 0.5) is 16.2 Å². The number of hydrogen-bond acceptors (Lipinski definition) is 4. The zero-order chi connectivity index (χ0) is 20.3. The molecule has 1 aliphatic heterocycles. The molecule has 3 rings (SSSR count). The topological polar surface area (TPSA) is 113 Å². The number of nitrogens with zero attached hydrogens (tertiary/aromatic N) is 1. The van der Waals surface area contributed by atoms with Gasteiger partial charge in [0.25, 0.3) is 5.69 Å². The number of anilines is 1. The first-order valence-corrected chi connectivity index (χ1v) is 8.79. The largest absolute Gasteiger partial charge is 0.330 e. The van der Waals surface area contributed by atoms with Crippen molar-refractivity contribution in [2.45, 2.75) is 19.4 Å². The van der Waals surface area contributed by atoms with Crippen LogP contribution in [0.15, 0.2) is 60.8 Å². The van der Waals surface area contributed by atoms with Gasteiger partial charge in [-0.1, -0.05) is 43.8 Å². The summed E-state index contributed by atoms with van der Waals surface area (Å²) in [6.07, 6.45) is 0.877. The SMILES string of the molecule is C=C1NC(=O)N[C@H](c2ccc(CC)cc2)[C@@H]1C(=O)Nc1cccc([N+](=O)[O-])c1. The number of hydrogen-bond donors (Lipinski definition) is 3. The van der Waals surface area contributed by atoms with E-state index >= 15 is 0 Å². The molecule has 1 heterocycles. The van der Waals surface area contributed by atoms with Crippen molar-refractivity contribution in [2.75, 3.05) is 5.32 Å². The van der Waals surface area contributed by atoms with Crippen LogP contribution < -0.4 is 16.0 Å². The van der Waals surface area contributed by atoms with Gasteiger partial charge in [0.15, 0.2) is 0 Å². The van der Waals surface area contributed by atoms with Crippen LogP contribution in [-0.4, -0.2) is 16.9 Å². The highest BCUT2D eigenvalue weighted by Gasteiger charge is 2.37. The first-order chi connectivity index (χ1) is 13.4. The van der Waals surface area contributed by atoms with Crippen molar-refractivity contribution in [3.8, 4) is 0 Å². The molecule has 0 spiro atoms. The number of rotatable bonds is 5. The predicted octanol–water partition coefficient (Wildman–Crippen LogP) is 3.28. The van der Waals surface area contributed by atoms with Gasteiger partial charge in [0, 0.05) is 23.5 Å². The number of nitrogens with one attached hydrogen (secondary N) is 3. The zero-order valence-electron chi connectivity index (χ0n) is 15.3. The lowest BCUT2D eigenvalue weighted by Crippen LogP contribution is -2.51. The van der Waals surface area contributed by atoms with Gasteiger partial charge in [-0.2, -0.15) is 0 Å². The van der Waals surface area contributed by atoms with E-state index in [4.69, 9.17) is 0 Å². The van der Waals surface area contributed by atoms with Crippen LogP contribution in [0.5, 0.6) is 0 Å². The molecule has 8 heteroatoms. The monoisotopic (exact) mass is 380 g/mol. The van der Waals surface area contributed by atoms with E-state index < -0.39 is 28.8 Å². The first-order valence-electron chi connectivity index (χ1n) is 8.79. The molecule has 0 unspecified atom stereocenters. The van der Waals surface area contributed by atoms with Gasteiger partial charge >= 0.3 is 6.03 Å². The van der Waals surface area contributed by atoms with E-state index in [2.05, 4.69) is 22.5 Å². The average molecular weight is 380 g/mol. The maximum absolute atomic E-state index is 12.9. The molecule has 0 saturated carbocycles. The third-order valence-corrected chi connectivity index (χ3v) is 4.62. The van der Waals surface area contributed by atoms with Gasteiger partial charge in [-0.05, 0) is 23.6 Å². The summed E-state index contributed by atoms with van der Waals surface area (Å²) >= 11 is 0. The highest BCUT2D eigenvalue weighted by Crippen LogP contribution is 2.31. The minimum absolute atomic E-state index is 0.126. The molecule has 2 aromatic rings. The molecular formula is C20H20N4O4. The summed E-state index contributed by atoms with van der Waals surface area (Å²) in [5.74, 6) is -1.22. The summed E-state index contributed by atoms with van der Waals surface area (Å²) in [5.41, 5.74) is 2.34. The van der Waals surface area contributed by atoms with Crippen LogP contribution in [0.1, 0.15) is 24.1 Å². The fourth-order valence-electron chi connectivity index (χ4n) is 3.15. The molecular weight excluding hydrogens is 360 g/mol. The van der Waals surface area contributed by atoms with Crippen LogP contribution in [-0.2, 0) is 11.2 Å². The number of non-ortho nitro benzene ring substituents is 1. The molecule has 0 radical (unpaired) electrons. The van der Waals surface area contributed by atoms with Gasteiger partial charge in [-0.3, -0.25) is 14.9 Å². The van der Waals surface area contributed by atoms with E-state index in [0.29, 0.717) is 5.69 Å². The smallest absolute Gasteiger partial charge is 0.319 e. The summed E-state index contributed by atoms with van der Waals surface area (Å²) in [4.78, 5) is 35.3. The summed E-state index contributed by atoms with van der Waals surface area (Å²) in [5, 5.41) is 18.9. The quantitative estimate of drug-likeness (QED) is 0.545. The summed E-state index contributed by atoms with van der Waals surface area (Å²) in [7, 11) is 0. The fourth-order valence-corrected chi connectivity index (χ4v) is 3.15. The van der Waals surface area contributed by atoms with Crippen molar-refractivity contribution >= 4 is 23.3 Å². The van der Waals surface area contributed by atoms with Gasteiger partial charge in [0.05, 0.1) is 11.0 Å². The zero-order valence-corrected chi connectivity index (χ0v) is 15.3. The van der Waals surface area contributed by atoms with E-state index in [0.717, 1.165) is 17.5 Å². The molecule has 8 nitrogen and oxygen atoms in total. The van der Waals surface area contributed by atoms with Gasteiger partial charge in [0.2, 0.25) is 5.91 Å². The second-order valence-electron chi connectivity index (χ2n) is 6.47. The minimum Gasteiger partial charge on any atom is -0.330 e. The highest BCUT2D eigenvalue weighted by atomic mass is 16.6. The molecule has 3 N–H and O–H groups in total. The molecule has 1 saturated heterocycles. The van der Waals surface area contributed by atoms with Gasteiger partial charge in [-0.15, -0.1) is 0 Å². The Bertz CT molecular complexity index is 939. The molecule has 0 aromatic heterocycles. The van der Waals surface area contributed by atoms with Gasteiger partial charge in [0.1, 0.15) is 5.92 Å². The van der Waals surface area contributed by atoms with Crippen LogP contribution in [0.2, 0.25) is 0 Å². The number of amides is 3. The van der Waals surface area contributed by atoms with E-state index in [9.17, 15) is 19.7 Å². The third kappa shape index (κ3) is 4.01. The second kappa shape index (κ2) is 7.91. The van der Waals surface area contributed by atoms with E-state index in [1.807, 2.05) is 31.2 Å². The Kier molecular flexibility index (Phi) is 5.39.